The second-order valence-corrected chi connectivity index (χ2v) is 6.29. The van der Waals surface area contributed by atoms with Gasteiger partial charge in [0.15, 0.2) is 0 Å². The van der Waals surface area contributed by atoms with Gasteiger partial charge >= 0.3 is 6.03 Å². The highest BCUT2D eigenvalue weighted by Gasteiger charge is 2.22. The number of carbonyl (C=O) groups is 1. The number of hydrogen-bond acceptors (Lipinski definition) is 4. The SMILES string of the molecule is CC(C)Oc1ccc(CNC(=O)NC[C@H]2Cc3ccccc3O2)cn1. The molecule has 3 rings (SSSR count). The van der Waals surface area contributed by atoms with Crippen LogP contribution in [0.15, 0.2) is 42.6 Å². The van der Waals surface area contributed by atoms with Crippen molar-refractivity contribution in [2.24, 2.45) is 0 Å². The predicted octanol–water partition coefficient (Wildman–Crippen LogP) is 2.67. The Kier molecular flexibility index (Phi) is 5.38. The first-order valence-electron chi connectivity index (χ1n) is 8.48. The smallest absolute Gasteiger partial charge is 0.315 e. The van der Waals surface area contributed by atoms with E-state index in [-0.39, 0.29) is 18.2 Å². The number of hydrogen-bond donors (Lipinski definition) is 2. The van der Waals surface area contributed by atoms with Crippen LogP contribution in [0.3, 0.4) is 0 Å². The Hall–Kier alpha value is -2.76. The summed E-state index contributed by atoms with van der Waals surface area (Å²) in [6.45, 7) is 4.79. The molecule has 2 N–H and O–H groups in total. The van der Waals surface area contributed by atoms with Crippen LogP contribution < -0.4 is 20.1 Å². The maximum absolute atomic E-state index is 11.9. The highest BCUT2D eigenvalue weighted by Crippen LogP contribution is 2.27. The van der Waals surface area contributed by atoms with Crippen LogP contribution in [0.25, 0.3) is 0 Å². The zero-order chi connectivity index (χ0) is 17.6. The van der Waals surface area contributed by atoms with Gasteiger partial charge in [-0.1, -0.05) is 24.3 Å². The van der Waals surface area contributed by atoms with Crippen molar-refractivity contribution in [2.75, 3.05) is 6.54 Å². The number of nitrogens with one attached hydrogen (secondary N) is 2. The summed E-state index contributed by atoms with van der Waals surface area (Å²) in [6.07, 6.45) is 2.59. The van der Waals surface area contributed by atoms with Crippen molar-refractivity contribution in [1.29, 1.82) is 0 Å². The fourth-order valence-electron chi connectivity index (χ4n) is 2.65. The normalized spacial score (nSPS) is 15.4. The maximum Gasteiger partial charge on any atom is 0.315 e. The van der Waals surface area contributed by atoms with E-state index in [0.717, 1.165) is 17.7 Å². The third-order valence-corrected chi connectivity index (χ3v) is 3.81. The fraction of sp³-hybridized carbons (Fsp3) is 0.368. The molecular weight excluding hydrogens is 318 g/mol. The van der Waals surface area contributed by atoms with Crippen molar-refractivity contribution in [3.63, 3.8) is 0 Å². The Labute approximate surface area is 147 Å². The lowest BCUT2D eigenvalue weighted by molar-refractivity contribution is 0.213. The molecule has 0 spiro atoms. The Balaban J connectivity index is 1.39. The molecule has 1 atom stereocenters. The van der Waals surface area contributed by atoms with Crippen molar-refractivity contribution in [3.05, 3.63) is 53.7 Å². The van der Waals surface area contributed by atoms with E-state index in [0.29, 0.717) is 19.0 Å². The monoisotopic (exact) mass is 341 g/mol. The van der Waals surface area contributed by atoms with Crippen LogP contribution in [0.4, 0.5) is 4.79 Å². The van der Waals surface area contributed by atoms with E-state index in [1.807, 2.05) is 38.1 Å². The molecule has 2 aromatic rings. The molecule has 0 radical (unpaired) electrons. The van der Waals surface area contributed by atoms with Crippen molar-refractivity contribution in [1.82, 2.24) is 15.6 Å². The van der Waals surface area contributed by atoms with Gasteiger partial charge in [-0.25, -0.2) is 9.78 Å². The third kappa shape index (κ3) is 4.86. The quantitative estimate of drug-likeness (QED) is 0.847. The van der Waals surface area contributed by atoms with Crippen molar-refractivity contribution in [2.45, 2.75) is 39.0 Å². The molecule has 0 bridgehead atoms. The Morgan fingerprint density at radius 2 is 2.12 bits per heavy atom. The summed E-state index contributed by atoms with van der Waals surface area (Å²) in [5, 5.41) is 5.66. The first kappa shape index (κ1) is 17.1. The molecule has 2 heterocycles. The van der Waals surface area contributed by atoms with Crippen LogP contribution in [0, 0.1) is 0 Å². The Morgan fingerprint density at radius 1 is 1.28 bits per heavy atom. The molecule has 2 amide bonds. The summed E-state index contributed by atoms with van der Waals surface area (Å²) >= 11 is 0. The van der Waals surface area contributed by atoms with E-state index >= 15 is 0 Å². The molecule has 6 heteroatoms. The van der Waals surface area contributed by atoms with Gasteiger partial charge in [0.05, 0.1) is 12.6 Å². The number of para-hydroxylation sites is 1. The fourth-order valence-corrected chi connectivity index (χ4v) is 2.65. The molecule has 0 aliphatic carbocycles. The van der Waals surface area contributed by atoms with Gasteiger partial charge in [0.25, 0.3) is 0 Å². The molecule has 1 aliphatic rings. The largest absolute Gasteiger partial charge is 0.488 e. The summed E-state index contributed by atoms with van der Waals surface area (Å²) in [6, 6.07) is 11.4. The number of aromatic nitrogens is 1. The van der Waals surface area contributed by atoms with Crippen LogP contribution in [0.2, 0.25) is 0 Å². The molecule has 0 saturated carbocycles. The number of rotatable bonds is 6. The van der Waals surface area contributed by atoms with E-state index in [4.69, 9.17) is 9.47 Å². The summed E-state index contributed by atoms with van der Waals surface area (Å²) in [5.41, 5.74) is 2.10. The third-order valence-electron chi connectivity index (χ3n) is 3.81. The number of carbonyl (C=O) groups excluding carboxylic acids is 1. The standard InChI is InChI=1S/C19H23N3O3/c1-13(2)24-18-8-7-14(10-20-18)11-21-19(23)22-12-16-9-15-5-3-4-6-17(15)25-16/h3-8,10,13,16H,9,11-12H2,1-2H3,(H2,21,22,23)/t16-/m1/s1. The molecular formula is C19H23N3O3. The molecule has 0 unspecified atom stereocenters. The number of benzene rings is 1. The summed E-state index contributed by atoms with van der Waals surface area (Å²) in [5.74, 6) is 1.49. The van der Waals surface area contributed by atoms with Gasteiger partial charge < -0.3 is 20.1 Å². The van der Waals surface area contributed by atoms with Gasteiger partial charge in [-0.05, 0) is 31.0 Å². The number of urea groups is 1. The minimum Gasteiger partial charge on any atom is -0.488 e. The molecule has 25 heavy (non-hydrogen) atoms. The second-order valence-electron chi connectivity index (χ2n) is 6.29. The van der Waals surface area contributed by atoms with E-state index in [2.05, 4.69) is 21.7 Å². The summed E-state index contributed by atoms with van der Waals surface area (Å²) in [4.78, 5) is 16.2. The topological polar surface area (TPSA) is 72.5 Å². The van der Waals surface area contributed by atoms with Crippen LogP contribution >= 0.6 is 0 Å². The zero-order valence-corrected chi connectivity index (χ0v) is 14.5. The summed E-state index contributed by atoms with van der Waals surface area (Å²) < 4.78 is 11.3. The van der Waals surface area contributed by atoms with Gasteiger partial charge in [0, 0.05) is 25.2 Å². The Bertz CT molecular complexity index is 691. The van der Waals surface area contributed by atoms with E-state index < -0.39 is 0 Å². The van der Waals surface area contributed by atoms with Crippen LogP contribution in [0.5, 0.6) is 11.6 Å². The number of amides is 2. The van der Waals surface area contributed by atoms with Crippen molar-refractivity contribution < 1.29 is 14.3 Å². The maximum atomic E-state index is 11.9. The molecule has 6 nitrogen and oxygen atoms in total. The first-order valence-corrected chi connectivity index (χ1v) is 8.48. The number of nitrogens with zero attached hydrogens (tertiary/aromatic N) is 1. The molecule has 1 aliphatic heterocycles. The van der Waals surface area contributed by atoms with Gasteiger partial charge in [0.1, 0.15) is 11.9 Å². The van der Waals surface area contributed by atoms with Gasteiger partial charge in [0.2, 0.25) is 5.88 Å². The molecule has 0 fully saturated rings. The van der Waals surface area contributed by atoms with Gasteiger partial charge in [-0.15, -0.1) is 0 Å². The summed E-state index contributed by atoms with van der Waals surface area (Å²) in [7, 11) is 0. The first-order chi connectivity index (χ1) is 12.1. The lowest BCUT2D eigenvalue weighted by Crippen LogP contribution is -2.40. The molecule has 0 saturated heterocycles. The van der Waals surface area contributed by atoms with Crippen LogP contribution in [0.1, 0.15) is 25.0 Å². The highest BCUT2D eigenvalue weighted by atomic mass is 16.5. The average molecular weight is 341 g/mol. The number of fused-ring (bicyclic) bond motifs is 1. The van der Waals surface area contributed by atoms with E-state index in [1.165, 1.54) is 5.56 Å². The minimum atomic E-state index is -0.220. The van der Waals surface area contributed by atoms with Crippen molar-refractivity contribution in [3.8, 4) is 11.6 Å². The van der Waals surface area contributed by atoms with Crippen LogP contribution in [-0.4, -0.2) is 29.8 Å². The minimum absolute atomic E-state index is 0.0164. The molecule has 1 aromatic carbocycles. The molecule has 132 valence electrons. The van der Waals surface area contributed by atoms with E-state index in [1.54, 1.807) is 12.3 Å². The average Bonchev–Trinajstić information content (AvgIpc) is 3.02. The lowest BCUT2D eigenvalue weighted by Gasteiger charge is -2.13. The zero-order valence-electron chi connectivity index (χ0n) is 14.5. The molecule has 1 aromatic heterocycles. The van der Waals surface area contributed by atoms with Gasteiger partial charge in [-0.3, -0.25) is 0 Å². The predicted molar refractivity (Wildman–Crippen MR) is 94.8 cm³/mol. The number of ether oxygens (including phenoxy) is 2. The number of pyridine rings is 1. The Morgan fingerprint density at radius 3 is 2.84 bits per heavy atom. The van der Waals surface area contributed by atoms with Crippen molar-refractivity contribution >= 4 is 6.03 Å². The van der Waals surface area contributed by atoms with E-state index in [9.17, 15) is 4.79 Å². The highest BCUT2D eigenvalue weighted by molar-refractivity contribution is 5.73. The van der Waals surface area contributed by atoms with Gasteiger partial charge in [-0.2, -0.15) is 0 Å². The lowest BCUT2D eigenvalue weighted by atomic mass is 10.1. The second kappa shape index (κ2) is 7.88. The van der Waals surface area contributed by atoms with Crippen LogP contribution in [-0.2, 0) is 13.0 Å².